The van der Waals surface area contributed by atoms with Crippen molar-refractivity contribution in [3.05, 3.63) is 29.8 Å². The summed E-state index contributed by atoms with van der Waals surface area (Å²) in [6, 6.07) is 7.39. The van der Waals surface area contributed by atoms with Crippen LogP contribution in [0.3, 0.4) is 0 Å². The zero-order chi connectivity index (χ0) is 10.1. The third-order valence-corrected chi connectivity index (χ3v) is 2.39. The number of amides is 1. The predicted octanol–water partition coefficient (Wildman–Crippen LogP) is 1.51. The maximum atomic E-state index is 11.8. The highest BCUT2D eigenvalue weighted by Gasteiger charge is 2.20. The smallest absolute Gasteiger partial charge is 0.256 e. The summed E-state index contributed by atoms with van der Waals surface area (Å²) in [6.07, 6.45) is 0. The molecule has 0 saturated heterocycles. The van der Waals surface area contributed by atoms with E-state index in [9.17, 15) is 4.79 Å². The van der Waals surface area contributed by atoms with Crippen LogP contribution in [0.15, 0.2) is 24.3 Å². The number of rotatable bonds is 0. The number of benzene rings is 1. The van der Waals surface area contributed by atoms with Crippen LogP contribution >= 0.6 is 12.2 Å². The summed E-state index contributed by atoms with van der Waals surface area (Å²) in [4.78, 5) is 14.1. The largest absolute Gasteiger partial charge is 0.348 e. The van der Waals surface area contributed by atoms with Gasteiger partial charge in [0, 0.05) is 7.05 Å². The van der Waals surface area contributed by atoms with Crippen LogP contribution in [0.5, 0.6) is 0 Å². The minimum atomic E-state index is 0.00736. The summed E-state index contributed by atoms with van der Waals surface area (Å²) < 4.78 is 0. The van der Waals surface area contributed by atoms with Gasteiger partial charge in [-0.15, -0.1) is 0 Å². The number of likely N-dealkylation sites (N-methyl/N-ethyl adjacent to an activating group) is 1. The summed E-state index contributed by atoms with van der Waals surface area (Å²) in [7, 11) is 1.75. The molecule has 0 unspecified atom stereocenters. The third kappa shape index (κ3) is 1.48. The lowest BCUT2D eigenvalue weighted by atomic mass is 10.1. The molecular formula is C10H10N2OS. The first-order chi connectivity index (χ1) is 6.68. The number of nitrogens with one attached hydrogen (secondary N) is 1. The van der Waals surface area contributed by atoms with Gasteiger partial charge in [0.25, 0.3) is 5.91 Å². The van der Waals surface area contributed by atoms with Crippen LogP contribution in [0.1, 0.15) is 10.4 Å². The molecule has 1 N–H and O–H groups in total. The Hall–Kier alpha value is -1.42. The van der Waals surface area contributed by atoms with E-state index < -0.39 is 0 Å². The Labute approximate surface area is 87.7 Å². The van der Waals surface area contributed by atoms with Crippen molar-refractivity contribution >= 4 is 28.8 Å². The Morgan fingerprint density at radius 3 is 2.93 bits per heavy atom. The van der Waals surface area contributed by atoms with Crippen molar-refractivity contribution < 1.29 is 4.79 Å². The van der Waals surface area contributed by atoms with E-state index in [1.165, 1.54) is 0 Å². The maximum absolute atomic E-state index is 11.8. The lowest BCUT2D eigenvalue weighted by Gasteiger charge is -2.12. The maximum Gasteiger partial charge on any atom is 0.256 e. The van der Waals surface area contributed by atoms with Gasteiger partial charge >= 0.3 is 0 Å². The van der Waals surface area contributed by atoms with Gasteiger partial charge in [0.15, 0.2) is 0 Å². The van der Waals surface area contributed by atoms with Gasteiger partial charge in [0.1, 0.15) is 0 Å². The first-order valence-electron chi connectivity index (χ1n) is 4.33. The molecule has 0 atom stereocenters. The molecule has 2 rings (SSSR count). The molecule has 14 heavy (non-hydrogen) atoms. The first kappa shape index (κ1) is 9.15. The van der Waals surface area contributed by atoms with E-state index >= 15 is 0 Å². The number of nitrogens with zero attached hydrogens (tertiary/aromatic N) is 1. The second kappa shape index (κ2) is 3.38. The van der Waals surface area contributed by atoms with Crippen LogP contribution in [0.4, 0.5) is 5.69 Å². The minimum absolute atomic E-state index is 0.00736. The van der Waals surface area contributed by atoms with Gasteiger partial charge < -0.3 is 10.2 Å². The molecule has 0 fully saturated rings. The van der Waals surface area contributed by atoms with Crippen molar-refractivity contribution in [1.29, 1.82) is 0 Å². The number of para-hydroxylation sites is 1. The standard InChI is InChI=1S/C10H10N2OS/c1-12-6-9(14)11-8-5-3-2-4-7(8)10(12)13/h2-5H,6H2,1H3,(H,11,14). The van der Waals surface area contributed by atoms with E-state index in [-0.39, 0.29) is 5.91 Å². The monoisotopic (exact) mass is 206 g/mol. The molecule has 0 aliphatic carbocycles. The fraction of sp³-hybridized carbons (Fsp3) is 0.200. The van der Waals surface area contributed by atoms with Crippen molar-refractivity contribution in [3.8, 4) is 0 Å². The van der Waals surface area contributed by atoms with E-state index in [2.05, 4.69) is 5.32 Å². The normalized spacial score (nSPS) is 15.9. The SMILES string of the molecule is CN1CC(=S)Nc2ccccc2C1=O. The Bertz CT molecular complexity index is 403. The summed E-state index contributed by atoms with van der Waals surface area (Å²) in [5.41, 5.74) is 1.47. The highest BCUT2D eigenvalue weighted by molar-refractivity contribution is 7.80. The van der Waals surface area contributed by atoms with Crippen molar-refractivity contribution in [2.45, 2.75) is 0 Å². The van der Waals surface area contributed by atoms with Crippen molar-refractivity contribution in [2.75, 3.05) is 18.9 Å². The summed E-state index contributed by atoms with van der Waals surface area (Å²) in [5.74, 6) is 0.00736. The first-order valence-corrected chi connectivity index (χ1v) is 4.73. The van der Waals surface area contributed by atoms with E-state index in [4.69, 9.17) is 12.2 Å². The third-order valence-electron chi connectivity index (χ3n) is 2.16. The lowest BCUT2D eigenvalue weighted by molar-refractivity contribution is 0.0818. The molecule has 0 radical (unpaired) electrons. The van der Waals surface area contributed by atoms with Gasteiger partial charge in [-0.3, -0.25) is 4.79 Å². The van der Waals surface area contributed by atoms with Gasteiger partial charge in [-0.05, 0) is 12.1 Å². The Morgan fingerprint density at radius 2 is 2.14 bits per heavy atom. The molecule has 0 aromatic heterocycles. The van der Waals surface area contributed by atoms with Crippen molar-refractivity contribution in [1.82, 2.24) is 4.90 Å². The number of carbonyl (C=O) groups excluding carboxylic acids is 1. The fourth-order valence-electron chi connectivity index (χ4n) is 1.46. The summed E-state index contributed by atoms with van der Waals surface area (Å²) in [6.45, 7) is 0.475. The molecule has 3 nitrogen and oxygen atoms in total. The second-order valence-corrected chi connectivity index (χ2v) is 3.75. The molecule has 1 heterocycles. The second-order valence-electron chi connectivity index (χ2n) is 3.25. The van der Waals surface area contributed by atoms with Gasteiger partial charge in [-0.25, -0.2) is 0 Å². The van der Waals surface area contributed by atoms with E-state index in [0.29, 0.717) is 17.1 Å². The fourth-order valence-corrected chi connectivity index (χ4v) is 1.76. The molecule has 1 aromatic rings. The summed E-state index contributed by atoms with van der Waals surface area (Å²) in [5, 5.41) is 3.05. The highest BCUT2D eigenvalue weighted by Crippen LogP contribution is 2.19. The zero-order valence-electron chi connectivity index (χ0n) is 7.78. The zero-order valence-corrected chi connectivity index (χ0v) is 8.60. The number of anilines is 1. The quantitative estimate of drug-likeness (QED) is 0.653. The van der Waals surface area contributed by atoms with Crippen LogP contribution in [-0.4, -0.2) is 29.4 Å². The van der Waals surface area contributed by atoms with Crippen molar-refractivity contribution in [3.63, 3.8) is 0 Å². The van der Waals surface area contributed by atoms with Crippen LogP contribution in [0, 0.1) is 0 Å². The molecule has 1 aromatic carbocycles. The number of thiocarbonyl (C=S) groups is 1. The predicted molar refractivity (Wildman–Crippen MR) is 59.6 cm³/mol. The molecular weight excluding hydrogens is 196 g/mol. The molecule has 0 spiro atoms. The van der Waals surface area contributed by atoms with Crippen LogP contribution in [0.2, 0.25) is 0 Å². The molecule has 1 aliphatic rings. The molecule has 72 valence electrons. The number of hydrogen-bond acceptors (Lipinski definition) is 2. The average Bonchev–Trinajstić information content (AvgIpc) is 2.26. The summed E-state index contributed by atoms with van der Waals surface area (Å²) >= 11 is 5.09. The Morgan fingerprint density at radius 1 is 1.43 bits per heavy atom. The number of hydrogen-bond donors (Lipinski definition) is 1. The topological polar surface area (TPSA) is 32.3 Å². The Balaban J connectivity index is 2.52. The van der Waals surface area contributed by atoms with Gasteiger partial charge in [0.2, 0.25) is 0 Å². The van der Waals surface area contributed by atoms with E-state index in [0.717, 1.165) is 5.69 Å². The molecule has 1 aliphatic heterocycles. The highest BCUT2D eigenvalue weighted by atomic mass is 32.1. The average molecular weight is 206 g/mol. The van der Waals surface area contributed by atoms with Crippen molar-refractivity contribution in [2.24, 2.45) is 0 Å². The molecule has 0 bridgehead atoms. The van der Waals surface area contributed by atoms with Gasteiger partial charge in [0.05, 0.1) is 22.8 Å². The van der Waals surface area contributed by atoms with Crippen LogP contribution in [-0.2, 0) is 0 Å². The van der Waals surface area contributed by atoms with Crippen LogP contribution < -0.4 is 5.32 Å². The van der Waals surface area contributed by atoms with E-state index in [1.54, 1.807) is 18.0 Å². The minimum Gasteiger partial charge on any atom is -0.348 e. The molecule has 4 heteroatoms. The molecule has 1 amide bonds. The lowest BCUT2D eigenvalue weighted by Crippen LogP contribution is -2.30. The molecule has 0 saturated carbocycles. The number of carbonyl (C=O) groups is 1. The van der Waals surface area contributed by atoms with Gasteiger partial charge in [-0.2, -0.15) is 0 Å². The van der Waals surface area contributed by atoms with Crippen LogP contribution in [0.25, 0.3) is 0 Å². The Kier molecular flexibility index (Phi) is 2.21. The van der Waals surface area contributed by atoms with E-state index in [1.807, 2.05) is 18.2 Å². The number of fused-ring (bicyclic) bond motifs is 1. The van der Waals surface area contributed by atoms with Gasteiger partial charge in [-0.1, -0.05) is 24.4 Å².